The monoisotopic (exact) mass is 308 g/mol. The quantitative estimate of drug-likeness (QED) is 0.554. The van der Waals surface area contributed by atoms with Gasteiger partial charge in [-0.3, -0.25) is 0 Å². The predicted molar refractivity (Wildman–Crippen MR) is 57.3 cm³/mol. The Morgan fingerprint density at radius 2 is 1.44 bits per heavy atom. The number of fused-ring (bicyclic) bond motifs is 1. The maximum absolute atomic E-state index is 13.1. The molecule has 1 aromatic rings. The molecule has 0 aliphatic carbocycles. The summed E-state index contributed by atoms with van der Waals surface area (Å²) in [6, 6.07) is 0. The fourth-order valence-corrected chi connectivity index (χ4v) is 2.49. The first kappa shape index (κ1) is 12.3. The smallest absolute Gasteiger partial charge is 0.351 e. The van der Waals surface area contributed by atoms with Gasteiger partial charge in [0.1, 0.15) is 5.02 Å². The highest BCUT2D eigenvalue weighted by Crippen LogP contribution is 2.54. The summed E-state index contributed by atoms with van der Waals surface area (Å²) in [7, 11) is 0. The van der Waals surface area contributed by atoms with Crippen LogP contribution in [0.1, 0.15) is 5.56 Å². The normalized spacial score (nSPS) is 14.4. The molecule has 16 heavy (non-hydrogen) atoms. The van der Waals surface area contributed by atoms with Crippen LogP contribution >= 0.6 is 46.4 Å². The zero-order chi connectivity index (χ0) is 12.1. The number of ether oxygens (including phenoxy) is 2. The van der Waals surface area contributed by atoms with Gasteiger partial charge in [0.05, 0.1) is 15.6 Å². The van der Waals surface area contributed by atoms with Crippen molar-refractivity contribution in [1.29, 1.82) is 0 Å². The molecule has 2 nitrogen and oxygen atoms in total. The van der Waals surface area contributed by atoms with Crippen LogP contribution in [0.25, 0.3) is 0 Å². The van der Waals surface area contributed by atoms with E-state index in [0.29, 0.717) is 0 Å². The highest BCUT2D eigenvalue weighted by Gasteiger charge is 2.39. The van der Waals surface area contributed by atoms with E-state index in [9.17, 15) is 8.78 Å². The highest BCUT2D eigenvalue weighted by atomic mass is 35.5. The van der Waals surface area contributed by atoms with E-state index in [1.165, 1.54) is 0 Å². The summed E-state index contributed by atoms with van der Waals surface area (Å²) < 4.78 is 36.0. The van der Waals surface area contributed by atoms with Gasteiger partial charge in [-0.1, -0.05) is 34.8 Å². The Morgan fingerprint density at radius 3 is 1.94 bits per heavy atom. The molecule has 0 N–H and O–H groups in total. The molecule has 0 saturated heterocycles. The average Bonchev–Trinajstić information content (AvgIpc) is 2.61. The van der Waals surface area contributed by atoms with Gasteiger partial charge in [0.2, 0.25) is 6.79 Å². The Bertz CT molecular complexity index is 459. The maximum Gasteiger partial charge on any atom is 0.351 e. The molecule has 0 spiro atoms. The van der Waals surface area contributed by atoms with Crippen LogP contribution in [-0.4, -0.2) is 6.79 Å². The number of alkyl halides is 3. The number of rotatable bonds is 1. The molecule has 8 heteroatoms. The van der Waals surface area contributed by atoms with Crippen LogP contribution in [0, 0.1) is 0 Å². The van der Waals surface area contributed by atoms with Crippen LogP contribution in [0.2, 0.25) is 15.1 Å². The average molecular weight is 310 g/mol. The zero-order valence-electron chi connectivity index (χ0n) is 7.29. The highest BCUT2D eigenvalue weighted by molar-refractivity contribution is 6.46. The van der Waals surface area contributed by atoms with E-state index in [0.717, 1.165) is 0 Å². The first-order valence-corrected chi connectivity index (χ1v) is 5.38. The molecule has 1 aliphatic heterocycles. The van der Waals surface area contributed by atoms with Crippen molar-refractivity contribution < 1.29 is 18.3 Å². The van der Waals surface area contributed by atoms with Gasteiger partial charge in [-0.05, 0) is 11.6 Å². The van der Waals surface area contributed by atoms with Crippen LogP contribution < -0.4 is 9.47 Å². The molecule has 0 fully saturated rings. The fraction of sp³-hybridized carbons (Fsp3) is 0.250. The summed E-state index contributed by atoms with van der Waals surface area (Å²) in [5.74, 6) is -0.0345. The molecule has 0 saturated carbocycles. The SMILES string of the molecule is FC(F)(Cl)c1c(Cl)c(Cl)c2c(c1Cl)OCO2. The number of benzene rings is 1. The number of hydrogen-bond donors (Lipinski definition) is 0. The van der Waals surface area contributed by atoms with E-state index >= 15 is 0 Å². The predicted octanol–water partition coefficient (Wildman–Crippen LogP) is 4.66. The number of halogens is 6. The molecule has 0 atom stereocenters. The van der Waals surface area contributed by atoms with Crippen molar-refractivity contribution in [2.45, 2.75) is 5.38 Å². The first-order valence-electron chi connectivity index (χ1n) is 3.87. The van der Waals surface area contributed by atoms with Crippen LogP contribution in [-0.2, 0) is 5.38 Å². The van der Waals surface area contributed by atoms with E-state index in [1.807, 2.05) is 0 Å². The zero-order valence-corrected chi connectivity index (χ0v) is 10.3. The Balaban J connectivity index is 2.77. The van der Waals surface area contributed by atoms with E-state index in [4.69, 9.17) is 55.9 Å². The van der Waals surface area contributed by atoms with E-state index in [1.54, 1.807) is 0 Å². The van der Waals surface area contributed by atoms with Crippen molar-refractivity contribution in [2.75, 3.05) is 6.79 Å². The third-order valence-electron chi connectivity index (χ3n) is 1.93. The van der Waals surface area contributed by atoms with Gasteiger partial charge in [0.25, 0.3) is 0 Å². The molecule has 2 rings (SSSR count). The van der Waals surface area contributed by atoms with Gasteiger partial charge in [-0.25, -0.2) is 0 Å². The molecule has 1 heterocycles. The lowest BCUT2D eigenvalue weighted by Gasteiger charge is -2.15. The van der Waals surface area contributed by atoms with Crippen LogP contribution in [0.3, 0.4) is 0 Å². The molecule has 1 aromatic carbocycles. The van der Waals surface area contributed by atoms with Crippen LogP contribution in [0.15, 0.2) is 0 Å². The summed E-state index contributed by atoms with van der Waals surface area (Å²) in [5.41, 5.74) is -0.785. The van der Waals surface area contributed by atoms with Crippen LogP contribution in [0.4, 0.5) is 8.78 Å². The van der Waals surface area contributed by atoms with Gasteiger partial charge in [-0.2, -0.15) is 8.78 Å². The van der Waals surface area contributed by atoms with Crippen molar-refractivity contribution >= 4 is 46.4 Å². The molecule has 0 unspecified atom stereocenters. The third-order valence-corrected chi connectivity index (χ3v) is 3.31. The Morgan fingerprint density at radius 1 is 0.938 bits per heavy atom. The summed E-state index contributed by atoms with van der Waals surface area (Å²) in [4.78, 5) is 0. The van der Waals surface area contributed by atoms with E-state index in [-0.39, 0.29) is 23.3 Å². The second-order valence-electron chi connectivity index (χ2n) is 2.88. The van der Waals surface area contributed by atoms with Gasteiger partial charge in [0.15, 0.2) is 11.5 Å². The summed E-state index contributed by atoms with van der Waals surface area (Å²) in [5, 5.41) is -4.79. The second-order valence-corrected chi connectivity index (χ2v) is 4.49. The minimum atomic E-state index is -3.74. The lowest BCUT2D eigenvalue weighted by Crippen LogP contribution is -2.06. The summed E-state index contributed by atoms with van der Waals surface area (Å²) in [6.45, 7) is -0.164. The van der Waals surface area contributed by atoms with E-state index < -0.39 is 21.0 Å². The first-order chi connectivity index (χ1) is 7.34. The van der Waals surface area contributed by atoms with E-state index in [2.05, 4.69) is 0 Å². The van der Waals surface area contributed by atoms with Crippen molar-refractivity contribution in [1.82, 2.24) is 0 Å². The Hall–Kier alpha value is -0.160. The maximum atomic E-state index is 13.1. The Kier molecular flexibility index (Phi) is 3.03. The number of hydrogen-bond acceptors (Lipinski definition) is 2. The topological polar surface area (TPSA) is 18.5 Å². The second kappa shape index (κ2) is 3.95. The van der Waals surface area contributed by atoms with Crippen molar-refractivity contribution in [2.24, 2.45) is 0 Å². The minimum Gasteiger partial charge on any atom is -0.452 e. The Labute approximate surface area is 109 Å². The third kappa shape index (κ3) is 1.78. The molecule has 1 aliphatic rings. The lowest BCUT2D eigenvalue weighted by molar-refractivity contribution is 0.0950. The van der Waals surface area contributed by atoms with Gasteiger partial charge >= 0.3 is 5.38 Å². The lowest BCUT2D eigenvalue weighted by atomic mass is 10.2. The summed E-state index contributed by atoms with van der Waals surface area (Å²) in [6.07, 6.45) is 0. The standard InChI is InChI=1S/C8H2Cl4F2O2/c9-3-2(8(12,13)14)4(10)6-7(5(3)11)16-1-15-6/h1H2. The van der Waals surface area contributed by atoms with Crippen molar-refractivity contribution in [3.8, 4) is 11.5 Å². The van der Waals surface area contributed by atoms with Crippen molar-refractivity contribution in [3.05, 3.63) is 20.6 Å². The van der Waals surface area contributed by atoms with Crippen molar-refractivity contribution in [3.63, 3.8) is 0 Å². The largest absolute Gasteiger partial charge is 0.452 e. The molecular formula is C8H2Cl4F2O2. The van der Waals surface area contributed by atoms with Gasteiger partial charge in [-0.15, -0.1) is 0 Å². The van der Waals surface area contributed by atoms with Gasteiger partial charge < -0.3 is 9.47 Å². The molecule has 0 radical (unpaired) electrons. The molecule has 0 aromatic heterocycles. The van der Waals surface area contributed by atoms with Crippen LogP contribution in [0.5, 0.6) is 11.5 Å². The molecule has 0 amide bonds. The van der Waals surface area contributed by atoms with Gasteiger partial charge in [0, 0.05) is 0 Å². The summed E-state index contributed by atoms with van der Waals surface area (Å²) >= 11 is 22.0. The molecule has 88 valence electrons. The fourth-order valence-electron chi connectivity index (χ4n) is 1.27. The minimum absolute atomic E-state index is 0.0429. The molecule has 0 bridgehead atoms. The molecular weight excluding hydrogens is 308 g/mol.